The van der Waals surface area contributed by atoms with Gasteiger partial charge in [-0.15, -0.1) is 0 Å². The Kier molecular flexibility index (Phi) is 4.53. The number of hydrogen-bond acceptors (Lipinski definition) is 4. The minimum Gasteiger partial charge on any atom is -0.344 e. The van der Waals surface area contributed by atoms with E-state index in [1.165, 1.54) is 12.1 Å². The van der Waals surface area contributed by atoms with Crippen molar-refractivity contribution in [1.82, 2.24) is 0 Å². The number of nitrogens with one attached hydrogen (secondary N) is 1. The van der Waals surface area contributed by atoms with Crippen LogP contribution in [-0.4, -0.2) is 17.9 Å². The lowest BCUT2D eigenvalue weighted by Crippen LogP contribution is -2.23. The first-order chi connectivity index (χ1) is 13.5. The van der Waals surface area contributed by atoms with Crippen molar-refractivity contribution in [2.75, 3.05) is 17.3 Å². The average Bonchev–Trinajstić information content (AvgIpc) is 2.84. The Morgan fingerprint density at radius 3 is 2.54 bits per heavy atom. The Bertz CT molecular complexity index is 1060. The molecule has 0 radical (unpaired) electrons. The molecule has 0 spiro atoms. The highest BCUT2D eigenvalue weighted by Gasteiger charge is 2.29. The van der Waals surface area contributed by atoms with Crippen molar-refractivity contribution in [3.63, 3.8) is 0 Å². The van der Waals surface area contributed by atoms with Gasteiger partial charge in [-0.25, -0.2) is 0 Å². The highest BCUT2D eigenvalue weighted by atomic mass is 16.6. The molecule has 6 heteroatoms. The van der Waals surface area contributed by atoms with Crippen molar-refractivity contribution >= 4 is 28.7 Å². The van der Waals surface area contributed by atoms with Gasteiger partial charge in [-0.2, -0.15) is 0 Å². The van der Waals surface area contributed by atoms with Crippen molar-refractivity contribution in [2.45, 2.75) is 12.3 Å². The summed E-state index contributed by atoms with van der Waals surface area (Å²) >= 11 is 0. The molecule has 1 aliphatic heterocycles. The summed E-state index contributed by atoms with van der Waals surface area (Å²) in [4.78, 5) is 25.8. The van der Waals surface area contributed by atoms with Gasteiger partial charge in [-0.05, 0) is 35.7 Å². The smallest absolute Gasteiger partial charge is 0.271 e. The van der Waals surface area contributed by atoms with Gasteiger partial charge in [0.2, 0.25) is 5.91 Å². The first kappa shape index (κ1) is 17.7. The maximum absolute atomic E-state index is 13.2. The molecule has 140 valence electrons. The second-order valence-electron chi connectivity index (χ2n) is 6.80. The van der Waals surface area contributed by atoms with Crippen molar-refractivity contribution in [3.8, 4) is 0 Å². The molecular weight excluding hydrogens is 354 g/mol. The van der Waals surface area contributed by atoms with Crippen LogP contribution in [0.3, 0.4) is 0 Å². The number of carbonyl (C=O) groups is 1. The molecule has 1 heterocycles. The van der Waals surface area contributed by atoms with Gasteiger partial charge >= 0.3 is 0 Å². The summed E-state index contributed by atoms with van der Waals surface area (Å²) in [5.74, 6) is -0.584. The Balaban J connectivity index is 1.72. The number of fused-ring (bicyclic) bond motifs is 2. The summed E-state index contributed by atoms with van der Waals surface area (Å²) in [6.45, 7) is 0. The zero-order chi connectivity index (χ0) is 19.7. The molecule has 1 atom stereocenters. The van der Waals surface area contributed by atoms with Gasteiger partial charge in [0.05, 0.1) is 10.8 Å². The van der Waals surface area contributed by atoms with E-state index in [0.717, 1.165) is 22.5 Å². The van der Waals surface area contributed by atoms with E-state index in [-0.39, 0.29) is 11.6 Å². The number of amides is 1. The number of benzene rings is 3. The Hall–Kier alpha value is -3.67. The van der Waals surface area contributed by atoms with E-state index in [1.807, 2.05) is 55.6 Å². The summed E-state index contributed by atoms with van der Waals surface area (Å²) in [7, 11) is 2.00. The summed E-state index contributed by atoms with van der Waals surface area (Å²) in [5, 5.41) is 13.9. The first-order valence-electron chi connectivity index (χ1n) is 9.00. The van der Waals surface area contributed by atoms with Gasteiger partial charge < -0.3 is 10.2 Å². The maximum atomic E-state index is 13.2. The Morgan fingerprint density at radius 2 is 1.75 bits per heavy atom. The van der Waals surface area contributed by atoms with E-state index in [2.05, 4.69) is 10.2 Å². The standard InChI is InChI=1S/C22H19N3O3/c1-24-20-11-4-2-7-15(20)13-19(18-10-3-5-12-21(18)24)22(26)23-16-8-6-9-17(14-16)25(27)28/h2-12,14,19H,13H2,1H3,(H,23,26)/t19-/m1/s1. The summed E-state index contributed by atoms with van der Waals surface area (Å²) < 4.78 is 0. The number of non-ortho nitro benzene ring substituents is 1. The molecular formula is C22H19N3O3. The normalized spacial score (nSPS) is 15.2. The van der Waals surface area contributed by atoms with Gasteiger partial charge in [0.25, 0.3) is 5.69 Å². The topological polar surface area (TPSA) is 75.5 Å². The summed E-state index contributed by atoms with van der Waals surface area (Å²) in [6, 6.07) is 21.9. The minimum atomic E-state index is -0.470. The van der Waals surface area contributed by atoms with Crippen molar-refractivity contribution in [2.24, 2.45) is 0 Å². The van der Waals surface area contributed by atoms with E-state index in [4.69, 9.17) is 0 Å². The molecule has 0 saturated carbocycles. The molecule has 3 aromatic rings. The van der Waals surface area contributed by atoms with Crippen molar-refractivity contribution in [3.05, 3.63) is 94.0 Å². The molecule has 0 fully saturated rings. The Morgan fingerprint density at radius 1 is 1.04 bits per heavy atom. The Labute approximate surface area is 162 Å². The quantitative estimate of drug-likeness (QED) is 0.536. The zero-order valence-electron chi connectivity index (χ0n) is 15.3. The zero-order valence-corrected chi connectivity index (χ0v) is 15.3. The maximum Gasteiger partial charge on any atom is 0.271 e. The fourth-order valence-corrected chi connectivity index (χ4v) is 3.72. The molecule has 6 nitrogen and oxygen atoms in total. The minimum absolute atomic E-state index is 0.0517. The SMILES string of the molecule is CN1c2ccccc2C[C@@H](C(=O)Nc2cccc([N+](=O)[O-])c2)c2ccccc21. The monoisotopic (exact) mass is 373 g/mol. The molecule has 0 saturated heterocycles. The number of carbonyl (C=O) groups excluding carboxylic acids is 1. The van der Waals surface area contributed by atoms with Crippen LogP contribution in [-0.2, 0) is 11.2 Å². The van der Waals surface area contributed by atoms with Crippen LogP contribution in [0.2, 0.25) is 0 Å². The fourth-order valence-electron chi connectivity index (χ4n) is 3.72. The van der Waals surface area contributed by atoms with E-state index >= 15 is 0 Å². The predicted molar refractivity (Wildman–Crippen MR) is 109 cm³/mol. The van der Waals surface area contributed by atoms with Crippen molar-refractivity contribution < 1.29 is 9.72 Å². The number of nitro groups is 1. The molecule has 1 aliphatic rings. The number of anilines is 3. The molecule has 0 bridgehead atoms. The third kappa shape index (κ3) is 3.20. The second-order valence-corrected chi connectivity index (χ2v) is 6.80. The van der Waals surface area contributed by atoms with Crippen LogP contribution in [0.1, 0.15) is 17.0 Å². The number of hydrogen-bond donors (Lipinski definition) is 1. The predicted octanol–water partition coefficient (Wildman–Crippen LogP) is 4.64. The lowest BCUT2D eigenvalue weighted by molar-refractivity contribution is -0.384. The molecule has 3 aromatic carbocycles. The van der Waals surface area contributed by atoms with Crippen LogP contribution in [0.15, 0.2) is 72.8 Å². The molecule has 0 aliphatic carbocycles. The highest BCUT2D eigenvalue weighted by molar-refractivity contribution is 5.98. The number of nitro benzene ring substituents is 1. The van der Waals surface area contributed by atoms with Gasteiger partial charge in [-0.1, -0.05) is 42.5 Å². The molecule has 4 rings (SSSR count). The fraction of sp³-hybridized carbons (Fsp3) is 0.136. The number of nitrogens with zero attached hydrogens (tertiary/aromatic N) is 2. The van der Waals surface area contributed by atoms with E-state index in [1.54, 1.807) is 12.1 Å². The van der Waals surface area contributed by atoms with Crippen LogP contribution < -0.4 is 10.2 Å². The van der Waals surface area contributed by atoms with Crippen LogP contribution in [0.4, 0.5) is 22.7 Å². The number of rotatable bonds is 3. The summed E-state index contributed by atoms with van der Waals surface area (Å²) in [5.41, 5.74) is 4.43. The highest BCUT2D eigenvalue weighted by Crippen LogP contribution is 2.40. The summed E-state index contributed by atoms with van der Waals surface area (Å²) in [6.07, 6.45) is 0.554. The van der Waals surface area contributed by atoms with E-state index < -0.39 is 10.8 Å². The molecule has 1 N–H and O–H groups in total. The van der Waals surface area contributed by atoms with Crippen LogP contribution >= 0.6 is 0 Å². The molecule has 1 amide bonds. The number of para-hydroxylation sites is 2. The van der Waals surface area contributed by atoms with E-state index in [9.17, 15) is 14.9 Å². The largest absolute Gasteiger partial charge is 0.344 e. The van der Waals surface area contributed by atoms with Crippen LogP contribution in [0.5, 0.6) is 0 Å². The van der Waals surface area contributed by atoms with Gasteiger partial charge in [0, 0.05) is 36.2 Å². The average molecular weight is 373 g/mol. The van der Waals surface area contributed by atoms with Crippen molar-refractivity contribution in [1.29, 1.82) is 0 Å². The second kappa shape index (κ2) is 7.15. The third-order valence-corrected chi connectivity index (χ3v) is 5.09. The molecule has 0 aromatic heterocycles. The molecule has 0 unspecified atom stereocenters. The van der Waals surface area contributed by atoms with Gasteiger partial charge in [-0.3, -0.25) is 14.9 Å². The van der Waals surface area contributed by atoms with Crippen LogP contribution in [0.25, 0.3) is 0 Å². The van der Waals surface area contributed by atoms with Gasteiger partial charge in [0.15, 0.2) is 0 Å². The third-order valence-electron chi connectivity index (χ3n) is 5.09. The molecule has 28 heavy (non-hydrogen) atoms. The van der Waals surface area contributed by atoms with E-state index in [0.29, 0.717) is 12.1 Å². The van der Waals surface area contributed by atoms with Gasteiger partial charge in [0.1, 0.15) is 0 Å². The van der Waals surface area contributed by atoms with Crippen LogP contribution in [0, 0.1) is 10.1 Å². The lowest BCUT2D eigenvalue weighted by atomic mass is 9.91. The first-order valence-corrected chi connectivity index (χ1v) is 9.00. The lowest BCUT2D eigenvalue weighted by Gasteiger charge is -2.22.